The Balaban J connectivity index is 2.32. The molecule has 19 heavy (non-hydrogen) atoms. The first-order valence-corrected chi connectivity index (χ1v) is 6.58. The first-order chi connectivity index (χ1) is 8.97. The minimum Gasteiger partial charge on any atom is -0.409 e. The molecule has 0 saturated heterocycles. The molecule has 0 aromatic carbocycles. The van der Waals surface area contributed by atoms with Crippen LogP contribution in [0, 0.1) is 5.41 Å². The van der Waals surface area contributed by atoms with Crippen LogP contribution in [0.2, 0.25) is 0 Å². The zero-order chi connectivity index (χ0) is 14.3. The highest BCUT2D eigenvalue weighted by atomic mass is 16.4. The van der Waals surface area contributed by atoms with Crippen LogP contribution in [0.15, 0.2) is 29.7 Å². The molecule has 1 heterocycles. The minimum absolute atomic E-state index is 0.268. The normalized spacial score (nSPS) is 14.4. The van der Waals surface area contributed by atoms with Crippen LogP contribution < -0.4 is 11.1 Å². The van der Waals surface area contributed by atoms with Gasteiger partial charge in [-0.15, -0.1) is 0 Å². The quantitative estimate of drug-likeness (QED) is 0.232. The van der Waals surface area contributed by atoms with Crippen molar-refractivity contribution in [1.82, 2.24) is 10.3 Å². The molecular weight excluding hydrogens is 240 g/mol. The van der Waals surface area contributed by atoms with E-state index >= 15 is 0 Å². The number of hydrogen-bond donors (Lipinski definition) is 3. The summed E-state index contributed by atoms with van der Waals surface area (Å²) in [5.74, 6) is 0.287. The zero-order valence-electron chi connectivity index (χ0n) is 11.9. The maximum atomic E-state index is 8.71. The summed E-state index contributed by atoms with van der Waals surface area (Å²) in [7, 11) is 0. The molecule has 0 aliphatic heterocycles. The van der Waals surface area contributed by atoms with E-state index in [0.29, 0.717) is 6.04 Å². The SMILES string of the molecule is C[C@@H](NCCCC(C)(C)/C(N)=N/O)c1ccncc1. The van der Waals surface area contributed by atoms with E-state index in [2.05, 4.69) is 22.4 Å². The van der Waals surface area contributed by atoms with Crippen LogP contribution in [0.3, 0.4) is 0 Å². The Kier molecular flexibility index (Phi) is 5.76. The fourth-order valence-corrected chi connectivity index (χ4v) is 1.88. The number of nitrogens with zero attached hydrogens (tertiary/aromatic N) is 2. The molecule has 0 amide bonds. The second-order valence-electron chi connectivity index (χ2n) is 5.43. The van der Waals surface area contributed by atoms with Crippen molar-refractivity contribution in [2.45, 2.75) is 39.7 Å². The third-order valence-corrected chi connectivity index (χ3v) is 3.44. The van der Waals surface area contributed by atoms with E-state index in [1.807, 2.05) is 26.0 Å². The average Bonchev–Trinajstić information content (AvgIpc) is 2.43. The van der Waals surface area contributed by atoms with E-state index in [4.69, 9.17) is 10.9 Å². The zero-order valence-corrected chi connectivity index (χ0v) is 11.9. The van der Waals surface area contributed by atoms with Crippen molar-refractivity contribution >= 4 is 5.84 Å². The summed E-state index contributed by atoms with van der Waals surface area (Å²) in [5.41, 5.74) is 6.62. The summed E-state index contributed by atoms with van der Waals surface area (Å²) in [6, 6.07) is 4.32. The van der Waals surface area contributed by atoms with E-state index in [0.717, 1.165) is 19.4 Å². The van der Waals surface area contributed by atoms with E-state index in [1.165, 1.54) is 5.56 Å². The Hall–Kier alpha value is -1.62. The molecule has 5 heteroatoms. The number of nitrogens with two attached hydrogens (primary N) is 1. The van der Waals surface area contributed by atoms with Crippen molar-refractivity contribution in [2.75, 3.05) is 6.54 Å². The molecule has 1 atom stereocenters. The van der Waals surface area contributed by atoms with Gasteiger partial charge in [0.25, 0.3) is 0 Å². The summed E-state index contributed by atoms with van der Waals surface area (Å²) in [4.78, 5) is 4.01. The Bertz CT molecular complexity index is 403. The summed E-state index contributed by atoms with van der Waals surface area (Å²) in [5, 5.41) is 15.3. The average molecular weight is 264 g/mol. The number of oxime groups is 1. The molecular formula is C14H24N4O. The van der Waals surface area contributed by atoms with Gasteiger partial charge in [0.2, 0.25) is 0 Å². The van der Waals surface area contributed by atoms with Gasteiger partial charge in [0.05, 0.1) is 0 Å². The molecule has 1 aromatic rings. The molecule has 0 bridgehead atoms. The highest BCUT2D eigenvalue weighted by molar-refractivity contribution is 5.85. The van der Waals surface area contributed by atoms with Crippen LogP contribution in [0.25, 0.3) is 0 Å². The summed E-state index contributed by atoms with van der Waals surface area (Å²) < 4.78 is 0. The Labute approximate surface area is 114 Å². The molecule has 0 saturated carbocycles. The molecule has 0 aliphatic carbocycles. The van der Waals surface area contributed by atoms with Gasteiger partial charge in [-0.05, 0) is 44.0 Å². The molecule has 0 aliphatic rings. The lowest BCUT2D eigenvalue weighted by atomic mass is 9.86. The van der Waals surface area contributed by atoms with Gasteiger partial charge in [-0.2, -0.15) is 0 Å². The molecule has 0 spiro atoms. The van der Waals surface area contributed by atoms with Gasteiger partial charge in [-0.3, -0.25) is 4.98 Å². The summed E-state index contributed by atoms with van der Waals surface area (Å²) >= 11 is 0. The van der Waals surface area contributed by atoms with Crippen molar-refractivity contribution in [2.24, 2.45) is 16.3 Å². The minimum atomic E-state index is -0.268. The lowest BCUT2D eigenvalue weighted by Crippen LogP contribution is -2.32. The number of aromatic nitrogens is 1. The molecule has 106 valence electrons. The van der Waals surface area contributed by atoms with Crippen molar-refractivity contribution in [3.05, 3.63) is 30.1 Å². The van der Waals surface area contributed by atoms with Crippen LogP contribution >= 0.6 is 0 Å². The second kappa shape index (κ2) is 7.09. The first kappa shape index (κ1) is 15.4. The van der Waals surface area contributed by atoms with Crippen LogP contribution in [-0.2, 0) is 0 Å². The van der Waals surface area contributed by atoms with Gasteiger partial charge in [0.1, 0.15) is 5.84 Å². The molecule has 0 radical (unpaired) electrons. The predicted octanol–water partition coefficient (Wildman–Crippen LogP) is 2.29. The van der Waals surface area contributed by atoms with Crippen LogP contribution in [0.1, 0.15) is 45.2 Å². The Morgan fingerprint density at radius 3 is 2.68 bits per heavy atom. The Morgan fingerprint density at radius 2 is 2.11 bits per heavy atom. The summed E-state index contributed by atoms with van der Waals surface area (Å²) in [6.45, 7) is 6.98. The lowest BCUT2D eigenvalue weighted by molar-refractivity contribution is 0.304. The predicted molar refractivity (Wildman–Crippen MR) is 77.1 cm³/mol. The van der Waals surface area contributed by atoms with Crippen molar-refractivity contribution in [1.29, 1.82) is 0 Å². The fourth-order valence-electron chi connectivity index (χ4n) is 1.88. The van der Waals surface area contributed by atoms with Crippen LogP contribution in [0.5, 0.6) is 0 Å². The summed E-state index contributed by atoms with van der Waals surface area (Å²) in [6.07, 6.45) is 5.45. The third-order valence-electron chi connectivity index (χ3n) is 3.44. The molecule has 1 aromatic heterocycles. The topological polar surface area (TPSA) is 83.5 Å². The fraction of sp³-hybridized carbons (Fsp3) is 0.571. The number of nitrogens with one attached hydrogen (secondary N) is 1. The standard InChI is InChI=1S/C14H24N4O/c1-11(12-5-9-16-10-6-12)17-8-4-7-14(2,3)13(15)18-19/h5-6,9-11,17,19H,4,7-8H2,1-3H3,(H2,15,18)/t11-/m1/s1. The van der Waals surface area contributed by atoms with Gasteiger partial charge < -0.3 is 16.3 Å². The lowest BCUT2D eigenvalue weighted by Gasteiger charge is -2.23. The molecule has 0 unspecified atom stereocenters. The number of pyridine rings is 1. The molecule has 1 rings (SSSR count). The number of rotatable bonds is 7. The van der Waals surface area contributed by atoms with Gasteiger partial charge in [0.15, 0.2) is 0 Å². The maximum absolute atomic E-state index is 8.71. The Morgan fingerprint density at radius 1 is 1.47 bits per heavy atom. The number of hydrogen-bond acceptors (Lipinski definition) is 4. The highest BCUT2D eigenvalue weighted by Crippen LogP contribution is 2.22. The van der Waals surface area contributed by atoms with E-state index in [9.17, 15) is 0 Å². The van der Waals surface area contributed by atoms with Gasteiger partial charge in [-0.1, -0.05) is 19.0 Å². The highest BCUT2D eigenvalue weighted by Gasteiger charge is 2.22. The molecule has 4 N–H and O–H groups in total. The van der Waals surface area contributed by atoms with Crippen LogP contribution in [-0.4, -0.2) is 22.6 Å². The van der Waals surface area contributed by atoms with E-state index in [1.54, 1.807) is 12.4 Å². The number of amidine groups is 1. The van der Waals surface area contributed by atoms with Crippen molar-refractivity contribution < 1.29 is 5.21 Å². The monoisotopic (exact) mass is 264 g/mol. The van der Waals surface area contributed by atoms with Crippen LogP contribution in [0.4, 0.5) is 0 Å². The smallest absolute Gasteiger partial charge is 0.144 e. The van der Waals surface area contributed by atoms with E-state index in [-0.39, 0.29) is 11.3 Å². The largest absolute Gasteiger partial charge is 0.409 e. The van der Waals surface area contributed by atoms with Gasteiger partial charge in [-0.25, -0.2) is 0 Å². The van der Waals surface area contributed by atoms with Crippen molar-refractivity contribution in [3.8, 4) is 0 Å². The third kappa shape index (κ3) is 4.87. The van der Waals surface area contributed by atoms with Gasteiger partial charge >= 0.3 is 0 Å². The first-order valence-electron chi connectivity index (χ1n) is 6.58. The molecule has 5 nitrogen and oxygen atoms in total. The van der Waals surface area contributed by atoms with Gasteiger partial charge in [0, 0.05) is 23.9 Å². The van der Waals surface area contributed by atoms with Crippen molar-refractivity contribution in [3.63, 3.8) is 0 Å². The molecule has 0 fully saturated rings. The second-order valence-corrected chi connectivity index (χ2v) is 5.43. The maximum Gasteiger partial charge on any atom is 0.144 e. The van der Waals surface area contributed by atoms with E-state index < -0.39 is 0 Å².